The lowest BCUT2D eigenvalue weighted by Crippen LogP contribution is -2.15. The van der Waals surface area contributed by atoms with Crippen LogP contribution in [-0.4, -0.2) is 49.1 Å². The SMILES string of the molecule is O=C(C[C@@H]1CCS(=O)(=O)C1)N=Nc1c(O)[nH]c2cc3c(cc12)OCCO3. The van der Waals surface area contributed by atoms with Crippen LogP contribution in [0.5, 0.6) is 17.4 Å². The Morgan fingerprint density at radius 1 is 1.27 bits per heavy atom. The van der Waals surface area contributed by atoms with Crippen molar-refractivity contribution in [3.63, 3.8) is 0 Å². The molecule has 0 radical (unpaired) electrons. The molecule has 1 atom stereocenters. The summed E-state index contributed by atoms with van der Waals surface area (Å²) in [5, 5.41) is 18.1. The number of H-pyrrole nitrogens is 1. The highest BCUT2D eigenvalue weighted by Gasteiger charge is 2.29. The number of nitrogens with zero attached hydrogens (tertiary/aromatic N) is 2. The molecule has 3 heterocycles. The van der Waals surface area contributed by atoms with E-state index in [1.807, 2.05) is 0 Å². The van der Waals surface area contributed by atoms with Gasteiger partial charge in [0.05, 0.1) is 17.0 Å². The van der Waals surface area contributed by atoms with Crippen LogP contribution in [0.4, 0.5) is 5.69 Å². The molecule has 2 aliphatic rings. The molecule has 1 aromatic carbocycles. The molecule has 26 heavy (non-hydrogen) atoms. The third-order valence-corrected chi connectivity index (χ3v) is 6.30. The quantitative estimate of drug-likeness (QED) is 0.785. The predicted octanol–water partition coefficient (Wildman–Crippen LogP) is 2.08. The number of carbonyl (C=O) groups is 1. The van der Waals surface area contributed by atoms with E-state index in [0.29, 0.717) is 42.0 Å². The van der Waals surface area contributed by atoms with Crippen molar-refractivity contribution in [1.82, 2.24) is 4.98 Å². The Labute approximate surface area is 148 Å². The monoisotopic (exact) mass is 379 g/mol. The van der Waals surface area contributed by atoms with Crippen molar-refractivity contribution in [2.24, 2.45) is 16.1 Å². The van der Waals surface area contributed by atoms with Crippen molar-refractivity contribution in [2.75, 3.05) is 24.7 Å². The topological polar surface area (TPSA) is 130 Å². The number of aromatic amines is 1. The molecule has 1 amide bonds. The highest BCUT2D eigenvalue weighted by Crippen LogP contribution is 2.42. The van der Waals surface area contributed by atoms with Crippen molar-refractivity contribution in [2.45, 2.75) is 12.8 Å². The number of sulfone groups is 1. The van der Waals surface area contributed by atoms with E-state index in [1.165, 1.54) is 0 Å². The van der Waals surface area contributed by atoms with Gasteiger partial charge < -0.3 is 19.6 Å². The standard InChI is InChI=1S/C16H17N3O6S/c20-14(5-9-1-4-26(22,23)8-9)18-19-15-10-6-12-13(25-3-2-24-12)7-11(10)17-16(15)21/h6-7,9,17,21H,1-5,8H2/t9-/m0/s1. The van der Waals surface area contributed by atoms with Crippen LogP contribution in [0.1, 0.15) is 12.8 Å². The Balaban J connectivity index is 1.55. The molecule has 0 bridgehead atoms. The van der Waals surface area contributed by atoms with Gasteiger partial charge in [0.25, 0.3) is 5.91 Å². The molecule has 2 N–H and O–H groups in total. The van der Waals surface area contributed by atoms with E-state index in [4.69, 9.17) is 9.47 Å². The fraction of sp³-hybridized carbons (Fsp3) is 0.438. The van der Waals surface area contributed by atoms with Gasteiger partial charge in [-0.05, 0) is 18.4 Å². The van der Waals surface area contributed by atoms with Crippen LogP contribution >= 0.6 is 0 Å². The fourth-order valence-electron chi connectivity index (χ4n) is 3.23. The second-order valence-electron chi connectivity index (χ2n) is 6.43. The minimum atomic E-state index is -3.04. The summed E-state index contributed by atoms with van der Waals surface area (Å²) in [6.07, 6.45) is 0.490. The summed E-state index contributed by atoms with van der Waals surface area (Å²) < 4.78 is 33.9. The largest absolute Gasteiger partial charge is 0.493 e. The summed E-state index contributed by atoms with van der Waals surface area (Å²) in [7, 11) is -3.04. The molecule has 1 fully saturated rings. The molecule has 0 aliphatic carbocycles. The molecule has 0 saturated carbocycles. The lowest BCUT2D eigenvalue weighted by molar-refractivity contribution is -0.119. The van der Waals surface area contributed by atoms with Crippen LogP contribution < -0.4 is 9.47 Å². The lowest BCUT2D eigenvalue weighted by atomic mass is 10.1. The van der Waals surface area contributed by atoms with E-state index < -0.39 is 15.7 Å². The Morgan fingerprint density at radius 2 is 2.00 bits per heavy atom. The molecular formula is C16H17N3O6S. The molecule has 10 heteroatoms. The van der Waals surface area contributed by atoms with E-state index in [0.717, 1.165) is 0 Å². The van der Waals surface area contributed by atoms with Crippen LogP contribution in [0.25, 0.3) is 10.9 Å². The smallest absolute Gasteiger partial charge is 0.265 e. The number of azo groups is 1. The van der Waals surface area contributed by atoms with Gasteiger partial charge in [0.1, 0.15) is 13.2 Å². The van der Waals surface area contributed by atoms with Gasteiger partial charge in [-0.15, -0.1) is 10.2 Å². The van der Waals surface area contributed by atoms with Gasteiger partial charge >= 0.3 is 0 Å². The van der Waals surface area contributed by atoms with Gasteiger partial charge in [0.15, 0.2) is 27.0 Å². The van der Waals surface area contributed by atoms with Crippen LogP contribution in [0.3, 0.4) is 0 Å². The number of fused-ring (bicyclic) bond motifs is 2. The first-order valence-electron chi connectivity index (χ1n) is 8.20. The van der Waals surface area contributed by atoms with E-state index >= 15 is 0 Å². The molecule has 4 rings (SSSR count). The maximum absolute atomic E-state index is 12.0. The average Bonchev–Trinajstić information content (AvgIpc) is 3.08. The fourth-order valence-corrected chi connectivity index (χ4v) is 5.09. The molecule has 1 aromatic heterocycles. The second kappa shape index (κ2) is 6.27. The van der Waals surface area contributed by atoms with Crippen molar-refractivity contribution >= 4 is 32.3 Å². The van der Waals surface area contributed by atoms with Crippen LogP contribution in [0.2, 0.25) is 0 Å². The number of hydrogen-bond donors (Lipinski definition) is 2. The van der Waals surface area contributed by atoms with Gasteiger partial charge in [-0.2, -0.15) is 0 Å². The van der Waals surface area contributed by atoms with Crippen molar-refractivity contribution < 1.29 is 27.8 Å². The van der Waals surface area contributed by atoms with Crippen LogP contribution in [-0.2, 0) is 14.6 Å². The van der Waals surface area contributed by atoms with Gasteiger partial charge in [-0.1, -0.05) is 0 Å². The number of benzene rings is 1. The highest BCUT2D eigenvalue weighted by molar-refractivity contribution is 7.91. The first-order valence-corrected chi connectivity index (χ1v) is 10.0. The lowest BCUT2D eigenvalue weighted by Gasteiger charge is -2.17. The summed E-state index contributed by atoms with van der Waals surface area (Å²) in [4.78, 5) is 14.8. The summed E-state index contributed by atoms with van der Waals surface area (Å²) in [6.45, 7) is 0.873. The number of ether oxygens (including phenoxy) is 2. The Hall–Kier alpha value is -2.62. The molecule has 2 aliphatic heterocycles. The number of nitrogens with one attached hydrogen (secondary N) is 1. The second-order valence-corrected chi connectivity index (χ2v) is 8.66. The van der Waals surface area contributed by atoms with Crippen LogP contribution in [0, 0.1) is 5.92 Å². The van der Waals surface area contributed by atoms with Gasteiger partial charge in [-0.3, -0.25) is 4.79 Å². The Morgan fingerprint density at radius 3 is 2.69 bits per heavy atom. The zero-order valence-corrected chi connectivity index (χ0v) is 14.6. The molecule has 2 aromatic rings. The summed E-state index contributed by atoms with van der Waals surface area (Å²) in [5.41, 5.74) is 0.708. The molecule has 1 saturated heterocycles. The predicted molar refractivity (Wildman–Crippen MR) is 91.9 cm³/mol. The molecule has 138 valence electrons. The number of aromatic nitrogens is 1. The molecular weight excluding hydrogens is 362 g/mol. The number of hydrogen-bond acceptors (Lipinski definition) is 7. The Kier molecular flexibility index (Phi) is 4.06. The summed E-state index contributed by atoms with van der Waals surface area (Å²) in [5.74, 6) is 0.254. The molecule has 0 spiro atoms. The zero-order chi connectivity index (χ0) is 18.3. The first kappa shape index (κ1) is 16.8. The first-order chi connectivity index (χ1) is 12.4. The third kappa shape index (κ3) is 3.24. The number of amides is 1. The van der Waals surface area contributed by atoms with Gasteiger partial charge in [-0.25, -0.2) is 8.42 Å². The number of rotatable bonds is 3. The van der Waals surface area contributed by atoms with E-state index in [9.17, 15) is 18.3 Å². The van der Waals surface area contributed by atoms with Crippen molar-refractivity contribution in [1.29, 1.82) is 0 Å². The van der Waals surface area contributed by atoms with Crippen LogP contribution in [0.15, 0.2) is 22.4 Å². The number of aromatic hydroxyl groups is 1. The van der Waals surface area contributed by atoms with Gasteiger partial charge in [0.2, 0.25) is 5.88 Å². The average molecular weight is 379 g/mol. The number of carbonyl (C=O) groups excluding carboxylic acids is 1. The summed E-state index contributed by atoms with van der Waals surface area (Å²) >= 11 is 0. The minimum absolute atomic E-state index is 0.00999. The molecule has 0 unspecified atom stereocenters. The van der Waals surface area contributed by atoms with Gasteiger partial charge in [0, 0.05) is 17.9 Å². The Bertz CT molecular complexity index is 1010. The normalized spacial score (nSPS) is 21.5. The maximum Gasteiger partial charge on any atom is 0.265 e. The third-order valence-electron chi connectivity index (χ3n) is 4.47. The minimum Gasteiger partial charge on any atom is -0.493 e. The van der Waals surface area contributed by atoms with E-state index in [1.54, 1.807) is 12.1 Å². The van der Waals surface area contributed by atoms with E-state index in [2.05, 4.69) is 15.2 Å². The molecule has 9 nitrogen and oxygen atoms in total. The van der Waals surface area contributed by atoms with E-state index in [-0.39, 0.29) is 35.4 Å². The summed E-state index contributed by atoms with van der Waals surface area (Å²) in [6, 6.07) is 3.36. The van der Waals surface area contributed by atoms with Crippen molar-refractivity contribution in [3.05, 3.63) is 12.1 Å². The highest BCUT2D eigenvalue weighted by atomic mass is 32.2. The maximum atomic E-state index is 12.0. The van der Waals surface area contributed by atoms with Crippen molar-refractivity contribution in [3.8, 4) is 17.4 Å². The zero-order valence-electron chi connectivity index (χ0n) is 13.8.